The highest BCUT2D eigenvalue weighted by atomic mass is 79.9. The van der Waals surface area contributed by atoms with Gasteiger partial charge in [0.25, 0.3) is 5.91 Å². The highest BCUT2D eigenvalue weighted by molar-refractivity contribution is 9.10. The van der Waals surface area contributed by atoms with Crippen molar-refractivity contribution in [1.29, 1.82) is 0 Å². The largest absolute Gasteiger partial charge is 0.465 e. The monoisotopic (exact) mass is 416 g/mol. The fourth-order valence-electron chi connectivity index (χ4n) is 2.10. The van der Waals surface area contributed by atoms with Crippen molar-refractivity contribution in [3.05, 3.63) is 69.0 Å². The third kappa shape index (κ3) is 4.37. The number of hydrogen-bond acceptors (Lipinski definition) is 5. The Morgan fingerprint density at radius 2 is 1.84 bits per heavy atom. The van der Waals surface area contributed by atoms with Crippen LogP contribution in [-0.4, -0.2) is 24.2 Å². The molecule has 2 aromatic rings. The Labute approximate surface area is 157 Å². The zero-order chi connectivity index (χ0) is 17.8. The van der Waals surface area contributed by atoms with Crippen LogP contribution in [0.25, 0.3) is 6.08 Å². The van der Waals surface area contributed by atoms with Gasteiger partial charge in [-0.1, -0.05) is 28.1 Å². The molecule has 126 valence electrons. The Balaban J connectivity index is 1.76. The van der Waals surface area contributed by atoms with Gasteiger partial charge >= 0.3 is 5.97 Å². The van der Waals surface area contributed by atoms with Crippen LogP contribution in [0, 0.1) is 0 Å². The van der Waals surface area contributed by atoms with Crippen molar-refractivity contribution in [2.75, 3.05) is 7.11 Å². The van der Waals surface area contributed by atoms with E-state index in [-0.39, 0.29) is 5.91 Å². The first-order chi connectivity index (χ1) is 12.0. The Morgan fingerprint density at radius 1 is 1.16 bits per heavy atom. The van der Waals surface area contributed by atoms with E-state index in [0.717, 1.165) is 10.0 Å². The maximum atomic E-state index is 12.1. The lowest BCUT2D eigenvalue weighted by atomic mass is 10.2. The molecule has 0 radical (unpaired) electrons. The fraction of sp³-hybridized carbons (Fsp3) is 0.0556. The minimum Gasteiger partial charge on any atom is -0.465 e. The van der Waals surface area contributed by atoms with Gasteiger partial charge in [-0.15, -0.1) is 0 Å². The van der Waals surface area contributed by atoms with Crippen LogP contribution in [0.15, 0.2) is 62.9 Å². The smallest absolute Gasteiger partial charge is 0.337 e. The molecule has 0 bridgehead atoms. The van der Waals surface area contributed by atoms with Crippen LogP contribution >= 0.6 is 27.7 Å². The van der Waals surface area contributed by atoms with Gasteiger partial charge in [0, 0.05) is 4.47 Å². The summed E-state index contributed by atoms with van der Waals surface area (Å²) < 4.78 is 5.64. The average Bonchev–Trinajstić information content (AvgIpc) is 2.96. The van der Waals surface area contributed by atoms with Gasteiger partial charge < -0.3 is 10.1 Å². The van der Waals surface area contributed by atoms with E-state index in [1.54, 1.807) is 24.3 Å². The molecule has 0 saturated carbocycles. The molecule has 0 spiro atoms. The second-order valence-electron chi connectivity index (χ2n) is 5.07. The first-order valence-electron chi connectivity index (χ1n) is 7.29. The van der Waals surface area contributed by atoms with E-state index < -0.39 is 5.97 Å². The van der Waals surface area contributed by atoms with E-state index in [0.29, 0.717) is 21.3 Å². The van der Waals surface area contributed by atoms with Crippen molar-refractivity contribution >= 4 is 56.5 Å². The SMILES string of the molecule is COC(=O)c1ccc(N=C2NC(=O)/C(=C\c3ccc(Br)cc3)S2)cc1. The number of halogens is 1. The van der Waals surface area contributed by atoms with Crippen LogP contribution < -0.4 is 5.32 Å². The summed E-state index contributed by atoms with van der Waals surface area (Å²) in [5, 5.41) is 3.24. The fourth-order valence-corrected chi connectivity index (χ4v) is 3.20. The topological polar surface area (TPSA) is 67.8 Å². The van der Waals surface area contributed by atoms with E-state index in [2.05, 4.69) is 31.0 Å². The lowest BCUT2D eigenvalue weighted by molar-refractivity contribution is -0.115. The van der Waals surface area contributed by atoms with Crippen molar-refractivity contribution < 1.29 is 14.3 Å². The molecule has 5 nitrogen and oxygen atoms in total. The van der Waals surface area contributed by atoms with E-state index in [9.17, 15) is 9.59 Å². The third-order valence-electron chi connectivity index (χ3n) is 3.34. The number of carbonyl (C=O) groups is 2. The summed E-state index contributed by atoms with van der Waals surface area (Å²) in [5.74, 6) is -0.583. The quantitative estimate of drug-likeness (QED) is 0.603. The van der Waals surface area contributed by atoms with Crippen LogP contribution in [-0.2, 0) is 9.53 Å². The summed E-state index contributed by atoms with van der Waals surface area (Å²) >= 11 is 4.66. The predicted molar refractivity (Wildman–Crippen MR) is 103 cm³/mol. The molecule has 1 saturated heterocycles. The van der Waals surface area contributed by atoms with Gasteiger partial charge in [0.2, 0.25) is 0 Å². The maximum Gasteiger partial charge on any atom is 0.337 e. The zero-order valence-electron chi connectivity index (χ0n) is 13.2. The summed E-state index contributed by atoms with van der Waals surface area (Å²) in [7, 11) is 1.33. The van der Waals surface area contributed by atoms with Gasteiger partial charge in [-0.05, 0) is 59.8 Å². The van der Waals surface area contributed by atoms with Gasteiger partial charge in [-0.3, -0.25) is 4.79 Å². The molecule has 1 N–H and O–H groups in total. The number of ether oxygens (including phenoxy) is 1. The molecule has 1 aliphatic rings. The molecule has 0 aliphatic carbocycles. The third-order valence-corrected chi connectivity index (χ3v) is 4.78. The molecule has 0 aromatic heterocycles. The molecule has 1 heterocycles. The van der Waals surface area contributed by atoms with Crippen LogP contribution in [0.1, 0.15) is 15.9 Å². The normalized spacial score (nSPS) is 17.0. The number of esters is 1. The predicted octanol–water partition coefficient (Wildman–Crippen LogP) is 4.13. The Hall–Kier alpha value is -2.38. The summed E-state index contributed by atoms with van der Waals surface area (Å²) in [6, 6.07) is 14.3. The van der Waals surface area contributed by atoms with Crippen molar-refractivity contribution in [2.45, 2.75) is 0 Å². The molecule has 25 heavy (non-hydrogen) atoms. The number of hydrogen-bond donors (Lipinski definition) is 1. The maximum absolute atomic E-state index is 12.1. The van der Waals surface area contributed by atoms with E-state index >= 15 is 0 Å². The van der Waals surface area contributed by atoms with Crippen LogP contribution in [0.2, 0.25) is 0 Å². The number of carbonyl (C=O) groups excluding carboxylic acids is 2. The molecule has 3 rings (SSSR count). The molecule has 0 unspecified atom stereocenters. The standard InChI is InChI=1S/C18H13BrN2O3S/c1-24-17(23)12-4-8-14(9-5-12)20-18-21-16(22)15(25-18)10-11-2-6-13(19)7-3-11/h2-10H,1H3,(H,20,21,22)/b15-10+. The van der Waals surface area contributed by atoms with Crippen molar-refractivity contribution in [3.8, 4) is 0 Å². The first kappa shape index (κ1) is 17.4. The Kier molecular flexibility index (Phi) is 5.35. The van der Waals surface area contributed by atoms with Gasteiger partial charge in [-0.2, -0.15) is 0 Å². The van der Waals surface area contributed by atoms with E-state index in [1.165, 1.54) is 18.9 Å². The van der Waals surface area contributed by atoms with Crippen molar-refractivity contribution in [1.82, 2.24) is 5.32 Å². The molecular weight excluding hydrogens is 404 g/mol. The van der Waals surface area contributed by atoms with Crippen LogP contribution in [0.5, 0.6) is 0 Å². The van der Waals surface area contributed by atoms with E-state index in [1.807, 2.05) is 30.3 Å². The molecule has 7 heteroatoms. The molecule has 1 amide bonds. The number of aliphatic imine (C=N–C) groups is 1. The minimum atomic E-state index is -0.400. The number of thioether (sulfide) groups is 1. The summed E-state index contributed by atoms with van der Waals surface area (Å²) in [6.45, 7) is 0. The summed E-state index contributed by atoms with van der Waals surface area (Å²) in [5.41, 5.74) is 2.02. The molecular formula is C18H13BrN2O3S. The highest BCUT2D eigenvalue weighted by Gasteiger charge is 2.23. The second kappa shape index (κ2) is 7.67. The van der Waals surface area contributed by atoms with Gasteiger partial charge in [0.15, 0.2) is 5.17 Å². The van der Waals surface area contributed by atoms with Gasteiger partial charge in [0.05, 0.1) is 23.3 Å². The van der Waals surface area contributed by atoms with E-state index in [4.69, 9.17) is 0 Å². The lowest BCUT2D eigenvalue weighted by Crippen LogP contribution is -2.19. The number of benzene rings is 2. The molecule has 1 fully saturated rings. The number of methoxy groups -OCH3 is 1. The zero-order valence-corrected chi connectivity index (χ0v) is 15.6. The molecule has 1 aliphatic heterocycles. The minimum absolute atomic E-state index is 0.183. The summed E-state index contributed by atoms with van der Waals surface area (Å²) in [4.78, 5) is 28.5. The number of rotatable bonds is 3. The number of nitrogens with zero attached hydrogens (tertiary/aromatic N) is 1. The van der Waals surface area contributed by atoms with Crippen molar-refractivity contribution in [3.63, 3.8) is 0 Å². The molecule has 0 atom stereocenters. The Bertz CT molecular complexity index is 874. The number of amides is 1. The first-order valence-corrected chi connectivity index (χ1v) is 8.89. The van der Waals surface area contributed by atoms with Crippen LogP contribution in [0.4, 0.5) is 5.69 Å². The van der Waals surface area contributed by atoms with Crippen molar-refractivity contribution in [2.24, 2.45) is 4.99 Å². The second-order valence-corrected chi connectivity index (χ2v) is 7.02. The highest BCUT2D eigenvalue weighted by Crippen LogP contribution is 2.28. The van der Waals surface area contributed by atoms with Crippen LogP contribution in [0.3, 0.4) is 0 Å². The average molecular weight is 417 g/mol. The molecule has 2 aromatic carbocycles. The summed E-state index contributed by atoms with van der Waals surface area (Å²) in [6.07, 6.45) is 1.81. The Morgan fingerprint density at radius 3 is 2.48 bits per heavy atom. The van der Waals surface area contributed by atoms with Gasteiger partial charge in [0.1, 0.15) is 0 Å². The van der Waals surface area contributed by atoms with Gasteiger partial charge in [-0.25, -0.2) is 9.79 Å². The number of nitrogens with one attached hydrogen (secondary N) is 1. The lowest BCUT2D eigenvalue weighted by Gasteiger charge is -2.00. The number of amidine groups is 1.